The van der Waals surface area contributed by atoms with Crippen molar-refractivity contribution in [2.24, 2.45) is 11.8 Å². The summed E-state index contributed by atoms with van der Waals surface area (Å²) < 4.78 is 0. The largest absolute Gasteiger partial charge is 0.396 e. The van der Waals surface area contributed by atoms with Gasteiger partial charge < -0.3 is 20.0 Å². The third-order valence-corrected chi connectivity index (χ3v) is 5.41. The number of rotatable bonds is 4. The van der Waals surface area contributed by atoms with Crippen LogP contribution in [0, 0.1) is 18.8 Å². The number of piperidine rings is 1. The van der Waals surface area contributed by atoms with Gasteiger partial charge in [-0.15, -0.1) is 0 Å². The number of hydrogen-bond donors (Lipinski definition) is 2. The standard InChI is InChI=1S/C19H28N2O3/c1-14-3-2-4-15(9-14)19(24)21-11-16(17(12-21)13-22)10-20-7-5-18(23)6-8-20/h2-4,9,16-18,22-23H,5-8,10-13H2,1H3/t16-,17-/m1/s1. The fraction of sp³-hybridized carbons (Fsp3) is 0.632. The van der Waals surface area contributed by atoms with Crippen molar-refractivity contribution in [1.82, 2.24) is 9.80 Å². The molecule has 0 radical (unpaired) electrons. The summed E-state index contributed by atoms with van der Waals surface area (Å²) in [5.74, 6) is 0.512. The Kier molecular flexibility index (Phi) is 5.54. The Morgan fingerprint density at radius 1 is 1.21 bits per heavy atom. The van der Waals surface area contributed by atoms with Crippen LogP contribution in [-0.4, -0.2) is 71.4 Å². The Morgan fingerprint density at radius 2 is 1.92 bits per heavy atom. The highest BCUT2D eigenvalue weighted by atomic mass is 16.3. The molecule has 2 aliphatic rings. The third-order valence-electron chi connectivity index (χ3n) is 5.41. The zero-order valence-corrected chi connectivity index (χ0v) is 14.4. The quantitative estimate of drug-likeness (QED) is 0.868. The van der Waals surface area contributed by atoms with Crippen LogP contribution in [-0.2, 0) is 0 Å². The van der Waals surface area contributed by atoms with Crippen LogP contribution in [0.2, 0.25) is 0 Å². The van der Waals surface area contributed by atoms with Crippen LogP contribution in [0.5, 0.6) is 0 Å². The van der Waals surface area contributed by atoms with E-state index >= 15 is 0 Å². The molecule has 5 nitrogen and oxygen atoms in total. The second-order valence-corrected chi connectivity index (χ2v) is 7.31. The summed E-state index contributed by atoms with van der Waals surface area (Å²) in [6.07, 6.45) is 1.48. The second-order valence-electron chi connectivity index (χ2n) is 7.31. The van der Waals surface area contributed by atoms with E-state index in [2.05, 4.69) is 4.90 Å². The molecular weight excluding hydrogens is 304 g/mol. The lowest BCUT2D eigenvalue weighted by Crippen LogP contribution is -2.40. The van der Waals surface area contributed by atoms with Crippen molar-refractivity contribution < 1.29 is 15.0 Å². The van der Waals surface area contributed by atoms with Crippen molar-refractivity contribution >= 4 is 5.91 Å². The number of carbonyl (C=O) groups is 1. The van der Waals surface area contributed by atoms with E-state index in [0.29, 0.717) is 19.0 Å². The molecule has 0 aliphatic carbocycles. The number of benzene rings is 1. The average Bonchev–Trinajstić information content (AvgIpc) is 2.99. The van der Waals surface area contributed by atoms with Gasteiger partial charge in [0.05, 0.1) is 6.10 Å². The van der Waals surface area contributed by atoms with Gasteiger partial charge in [0, 0.05) is 50.8 Å². The van der Waals surface area contributed by atoms with Crippen molar-refractivity contribution in [3.8, 4) is 0 Å². The highest BCUT2D eigenvalue weighted by Gasteiger charge is 2.36. The molecule has 5 heteroatoms. The Bertz CT molecular complexity index is 569. The second kappa shape index (κ2) is 7.64. The van der Waals surface area contributed by atoms with Gasteiger partial charge in [0.15, 0.2) is 0 Å². The molecule has 1 aromatic rings. The molecule has 24 heavy (non-hydrogen) atoms. The molecule has 0 bridgehead atoms. The first-order chi connectivity index (χ1) is 11.6. The van der Waals surface area contributed by atoms with E-state index < -0.39 is 0 Å². The monoisotopic (exact) mass is 332 g/mol. The van der Waals surface area contributed by atoms with Crippen molar-refractivity contribution in [2.75, 3.05) is 39.3 Å². The zero-order valence-electron chi connectivity index (χ0n) is 14.4. The van der Waals surface area contributed by atoms with Crippen molar-refractivity contribution in [3.05, 3.63) is 35.4 Å². The molecule has 2 aliphatic heterocycles. The molecule has 0 spiro atoms. The Labute approximate surface area is 143 Å². The van der Waals surface area contributed by atoms with Gasteiger partial charge in [0.1, 0.15) is 0 Å². The number of carbonyl (C=O) groups excluding carboxylic acids is 1. The van der Waals surface area contributed by atoms with Crippen LogP contribution < -0.4 is 0 Å². The lowest BCUT2D eigenvalue weighted by Gasteiger charge is -2.32. The molecule has 0 unspecified atom stereocenters. The first kappa shape index (κ1) is 17.4. The number of aryl methyl sites for hydroxylation is 1. The minimum Gasteiger partial charge on any atom is -0.396 e. The molecule has 1 amide bonds. The predicted molar refractivity (Wildman–Crippen MR) is 92.8 cm³/mol. The number of aliphatic hydroxyl groups is 2. The van der Waals surface area contributed by atoms with Crippen LogP contribution in [0.15, 0.2) is 24.3 Å². The first-order valence-electron chi connectivity index (χ1n) is 8.94. The molecule has 2 fully saturated rings. The molecule has 2 saturated heterocycles. The van der Waals surface area contributed by atoms with E-state index in [-0.39, 0.29) is 24.5 Å². The van der Waals surface area contributed by atoms with Gasteiger partial charge in [-0.25, -0.2) is 0 Å². The molecule has 3 rings (SSSR count). The number of hydrogen-bond acceptors (Lipinski definition) is 4. The fourth-order valence-corrected chi connectivity index (χ4v) is 3.91. The number of amides is 1. The summed E-state index contributed by atoms with van der Waals surface area (Å²) >= 11 is 0. The molecule has 2 N–H and O–H groups in total. The lowest BCUT2D eigenvalue weighted by atomic mass is 9.95. The normalized spacial score (nSPS) is 26.0. The maximum atomic E-state index is 12.7. The summed E-state index contributed by atoms with van der Waals surface area (Å²) in [5, 5.41) is 19.4. The Balaban J connectivity index is 1.62. The topological polar surface area (TPSA) is 64.0 Å². The number of nitrogens with zero attached hydrogens (tertiary/aromatic N) is 2. The van der Waals surface area contributed by atoms with Crippen molar-refractivity contribution in [3.63, 3.8) is 0 Å². The molecule has 2 heterocycles. The third kappa shape index (κ3) is 3.97. The average molecular weight is 332 g/mol. The van der Waals surface area contributed by atoms with E-state index in [1.165, 1.54) is 0 Å². The highest BCUT2D eigenvalue weighted by Crippen LogP contribution is 2.27. The van der Waals surface area contributed by atoms with E-state index in [9.17, 15) is 15.0 Å². The maximum Gasteiger partial charge on any atom is 0.253 e. The summed E-state index contributed by atoms with van der Waals surface area (Å²) in [6, 6.07) is 7.70. The molecule has 0 saturated carbocycles. The van der Waals surface area contributed by atoms with Gasteiger partial charge in [0.25, 0.3) is 5.91 Å². The Morgan fingerprint density at radius 3 is 2.58 bits per heavy atom. The first-order valence-corrected chi connectivity index (χ1v) is 8.94. The van der Waals surface area contributed by atoms with Gasteiger partial charge in [-0.05, 0) is 37.8 Å². The highest BCUT2D eigenvalue weighted by molar-refractivity contribution is 5.94. The Hall–Kier alpha value is -1.43. The van der Waals surface area contributed by atoms with Crippen LogP contribution >= 0.6 is 0 Å². The smallest absolute Gasteiger partial charge is 0.253 e. The lowest BCUT2D eigenvalue weighted by molar-refractivity contribution is 0.0679. The predicted octanol–water partition coefficient (Wildman–Crippen LogP) is 1.13. The fourth-order valence-electron chi connectivity index (χ4n) is 3.91. The van der Waals surface area contributed by atoms with E-state index in [0.717, 1.165) is 43.6 Å². The van der Waals surface area contributed by atoms with E-state index in [1.807, 2.05) is 36.1 Å². The van der Waals surface area contributed by atoms with Gasteiger partial charge in [-0.1, -0.05) is 17.7 Å². The van der Waals surface area contributed by atoms with Crippen LogP contribution in [0.4, 0.5) is 0 Å². The minimum absolute atomic E-state index is 0.0636. The molecular formula is C19H28N2O3. The van der Waals surface area contributed by atoms with Crippen molar-refractivity contribution in [1.29, 1.82) is 0 Å². The summed E-state index contributed by atoms with van der Waals surface area (Å²) in [6.45, 7) is 6.16. The van der Waals surface area contributed by atoms with E-state index in [4.69, 9.17) is 0 Å². The van der Waals surface area contributed by atoms with E-state index in [1.54, 1.807) is 0 Å². The summed E-state index contributed by atoms with van der Waals surface area (Å²) in [4.78, 5) is 17.0. The van der Waals surface area contributed by atoms with Gasteiger partial charge >= 0.3 is 0 Å². The maximum absolute atomic E-state index is 12.7. The summed E-state index contributed by atoms with van der Waals surface area (Å²) in [7, 11) is 0. The van der Waals surface area contributed by atoms with Gasteiger partial charge in [-0.3, -0.25) is 4.79 Å². The van der Waals surface area contributed by atoms with Crippen LogP contribution in [0.1, 0.15) is 28.8 Å². The SMILES string of the molecule is Cc1cccc(C(=O)N2C[C@@H](CN3CCC(O)CC3)[C@@H](CO)C2)c1. The molecule has 2 atom stereocenters. The number of likely N-dealkylation sites (tertiary alicyclic amines) is 2. The molecule has 132 valence electrons. The molecule has 0 aromatic heterocycles. The van der Waals surface area contributed by atoms with Crippen molar-refractivity contribution in [2.45, 2.75) is 25.9 Å². The van der Waals surface area contributed by atoms with Crippen LogP contribution in [0.3, 0.4) is 0 Å². The molecule has 1 aromatic carbocycles. The van der Waals surface area contributed by atoms with Gasteiger partial charge in [0.2, 0.25) is 0 Å². The summed E-state index contributed by atoms with van der Waals surface area (Å²) in [5.41, 5.74) is 1.82. The van der Waals surface area contributed by atoms with Crippen LogP contribution in [0.25, 0.3) is 0 Å². The minimum atomic E-state index is -0.169. The number of aliphatic hydroxyl groups excluding tert-OH is 2. The zero-order chi connectivity index (χ0) is 17.1. The van der Waals surface area contributed by atoms with Gasteiger partial charge in [-0.2, -0.15) is 0 Å².